The molecule has 5 rings (SSSR count). The van der Waals surface area contributed by atoms with Crippen LogP contribution in [0, 0.1) is 6.92 Å². The number of carbonyl (C=O) groups is 2. The van der Waals surface area contributed by atoms with E-state index in [0.29, 0.717) is 5.69 Å². The number of pyridine rings is 1. The molecule has 1 saturated heterocycles. The summed E-state index contributed by atoms with van der Waals surface area (Å²) in [5.74, 6) is 1.22. The minimum absolute atomic E-state index is 0.0501. The molecule has 0 atom stereocenters. The first-order chi connectivity index (χ1) is 18.5. The average molecular weight is 539 g/mol. The topological polar surface area (TPSA) is 75.4 Å². The van der Waals surface area contributed by atoms with Crippen molar-refractivity contribution in [2.45, 2.75) is 71.6 Å². The Labute approximate surface area is 231 Å². The van der Waals surface area contributed by atoms with Gasteiger partial charge in [0.15, 0.2) is 6.29 Å². The van der Waals surface area contributed by atoms with E-state index in [4.69, 9.17) is 0 Å². The molecular formula is C29H42N6O2S. The zero-order chi connectivity index (χ0) is 27.5. The lowest BCUT2D eigenvalue weighted by atomic mass is 10.2. The predicted octanol–water partition coefficient (Wildman–Crippen LogP) is 4.95. The molecule has 0 spiro atoms. The molecule has 0 bridgehead atoms. The molecule has 3 aromatic rings. The molecule has 5 heterocycles. The fraction of sp³-hybridized carbons (Fsp3) is 0.483. The Kier molecular flexibility index (Phi) is 11.6. The molecule has 2 aliphatic heterocycles. The van der Waals surface area contributed by atoms with Gasteiger partial charge in [-0.1, -0.05) is 19.9 Å². The second kappa shape index (κ2) is 14.9. The predicted molar refractivity (Wildman–Crippen MR) is 156 cm³/mol. The van der Waals surface area contributed by atoms with Crippen LogP contribution in [-0.4, -0.2) is 57.2 Å². The number of nitrogens with one attached hydrogen (secondary N) is 1. The molecule has 0 aliphatic carbocycles. The largest absolute Gasteiger partial charge is 0.356 e. The minimum atomic E-state index is 0.0501. The molecule has 1 fully saturated rings. The summed E-state index contributed by atoms with van der Waals surface area (Å²) in [6, 6.07) is 10.2. The lowest BCUT2D eigenvalue weighted by Crippen LogP contribution is -2.27. The third kappa shape index (κ3) is 7.58. The summed E-state index contributed by atoms with van der Waals surface area (Å²) in [7, 11) is 1.97. The highest BCUT2D eigenvalue weighted by Crippen LogP contribution is 2.31. The first-order valence-electron chi connectivity index (χ1n) is 13.5. The number of Topliss-reactive ketones (excluding diaryl/α,β-unsaturated/α-hetero) is 1. The van der Waals surface area contributed by atoms with Gasteiger partial charge in [0.2, 0.25) is 0 Å². The van der Waals surface area contributed by atoms with Crippen molar-refractivity contribution < 1.29 is 9.59 Å². The summed E-state index contributed by atoms with van der Waals surface area (Å²) in [4.78, 5) is 30.5. The van der Waals surface area contributed by atoms with Crippen LogP contribution >= 0.6 is 11.9 Å². The van der Waals surface area contributed by atoms with Crippen molar-refractivity contribution >= 4 is 29.8 Å². The molecule has 0 aromatic carbocycles. The normalized spacial score (nSPS) is 14.7. The van der Waals surface area contributed by atoms with Gasteiger partial charge in [0.1, 0.15) is 11.6 Å². The van der Waals surface area contributed by atoms with E-state index in [1.54, 1.807) is 23.4 Å². The third-order valence-electron chi connectivity index (χ3n) is 6.57. The Bertz CT molecular complexity index is 1180. The van der Waals surface area contributed by atoms with E-state index in [2.05, 4.69) is 48.5 Å². The number of fused-ring (bicyclic) bond motifs is 1. The van der Waals surface area contributed by atoms with Gasteiger partial charge in [0, 0.05) is 73.5 Å². The second-order valence-corrected chi connectivity index (χ2v) is 10.4. The fourth-order valence-corrected chi connectivity index (χ4v) is 5.81. The van der Waals surface area contributed by atoms with Crippen molar-refractivity contribution in [1.82, 2.24) is 23.7 Å². The number of nitrogens with zero attached hydrogens (tertiary/aromatic N) is 5. The van der Waals surface area contributed by atoms with E-state index in [9.17, 15) is 9.59 Å². The van der Waals surface area contributed by atoms with Gasteiger partial charge in [0.05, 0.1) is 12.2 Å². The number of carbonyl (C=O) groups excluding carboxylic acids is 2. The summed E-state index contributed by atoms with van der Waals surface area (Å²) in [6.07, 6.45) is 7.41. The molecule has 1 N–H and O–H groups in total. The smallest absolute Gasteiger partial charge is 0.166 e. The van der Waals surface area contributed by atoms with Gasteiger partial charge < -0.3 is 19.4 Å². The van der Waals surface area contributed by atoms with Crippen molar-refractivity contribution in [1.29, 1.82) is 0 Å². The van der Waals surface area contributed by atoms with Crippen LogP contribution < -0.4 is 10.2 Å². The van der Waals surface area contributed by atoms with Crippen LogP contribution in [0.1, 0.15) is 61.1 Å². The van der Waals surface area contributed by atoms with Crippen molar-refractivity contribution in [3.8, 4) is 0 Å². The van der Waals surface area contributed by atoms with E-state index in [1.807, 2.05) is 46.1 Å². The maximum absolute atomic E-state index is 11.4. The van der Waals surface area contributed by atoms with Gasteiger partial charge in [-0.25, -0.2) is 9.29 Å². The lowest BCUT2D eigenvalue weighted by molar-refractivity contribution is -0.117. The van der Waals surface area contributed by atoms with Crippen LogP contribution in [0.2, 0.25) is 0 Å². The number of hydrogen-bond donors (Lipinski definition) is 1. The minimum Gasteiger partial charge on any atom is -0.356 e. The summed E-state index contributed by atoms with van der Waals surface area (Å²) >= 11 is 1.66. The Hall–Kier alpha value is -2.88. The van der Waals surface area contributed by atoms with Gasteiger partial charge >= 0.3 is 0 Å². The van der Waals surface area contributed by atoms with Gasteiger partial charge in [-0.3, -0.25) is 9.59 Å². The van der Waals surface area contributed by atoms with E-state index in [1.165, 1.54) is 29.9 Å². The molecule has 0 unspecified atom stereocenters. The summed E-state index contributed by atoms with van der Waals surface area (Å²) in [5.41, 5.74) is 4.14. The Morgan fingerprint density at radius 2 is 1.89 bits per heavy atom. The van der Waals surface area contributed by atoms with E-state index in [-0.39, 0.29) is 12.3 Å². The Morgan fingerprint density at radius 3 is 2.58 bits per heavy atom. The van der Waals surface area contributed by atoms with Crippen LogP contribution in [0.5, 0.6) is 0 Å². The van der Waals surface area contributed by atoms with Crippen LogP contribution in [0.15, 0.2) is 47.6 Å². The molecule has 2 aliphatic rings. The standard InChI is InChI=1S/C16H19N3O2S.C11H17N3.C2H6/c1-12(21)9-19-13(2)16(8-15(19)11-20)22-18-7-6-17-5-3-4-14(17)10-18;1-12-9-10-5-4-6-13-11(10)14-7-2-3-8-14;1-2/h3-5,8,11H,6-7,9-10H2,1-2H3;4-6,12H,2-3,7-9H2,1H3;1-2H3. The number of anilines is 1. The van der Waals surface area contributed by atoms with Crippen molar-refractivity contribution in [3.63, 3.8) is 0 Å². The molecule has 8 nitrogen and oxygen atoms in total. The highest BCUT2D eigenvalue weighted by Gasteiger charge is 2.20. The van der Waals surface area contributed by atoms with Crippen LogP contribution in [0.25, 0.3) is 0 Å². The lowest BCUT2D eigenvalue weighted by Gasteiger charge is -2.27. The molecule has 9 heteroatoms. The summed E-state index contributed by atoms with van der Waals surface area (Å²) < 4.78 is 6.36. The SMILES string of the molecule is CC.CC(=O)Cn1c(C=O)cc(SN2CCn3cccc3C2)c1C.CNCc1cccnc1N1CCCC1. The zero-order valence-corrected chi connectivity index (χ0v) is 24.3. The molecule has 206 valence electrons. The maximum Gasteiger partial charge on any atom is 0.166 e. The number of hydrogen-bond acceptors (Lipinski definition) is 7. The van der Waals surface area contributed by atoms with Crippen LogP contribution in [-0.2, 0) is 31.0 Å². The fourth-order valence-electron chi connectivity index (χ4n) is 4.75. The van der Waals surface area contributed by atoms with Crippen LogP contribution in [0.3, 0.4) is 0 Å². The molecule has 3 aromatic heterocycles. The highest BCUT2D eigenvalue weighted by atomic mass is 32.2. The van der Waals surface area contributed by atoms with Gasteiger partial charge in [-0.05, 0) is 70.0 Å². The van der Waals surface area contributed by atoms with Gasteiger partial charge in [-0.2, -0.15) is 0 Å². The first-order valence-corrected chi connectivity index (χ1v) is 14.3. The monoisotopic (exact) mass is 538 g/mol. The number of aromatic nitrogens is 3. The second-order valence-electron chi connectivity index (χ2n) is 9.28. The Morgan fingerprint density at radius 1 is 1.13 bits per heavy atom. The third-order valence-corrected chi connectivity index (χ3v) is 7.75. The van der Waals surface area contributed by atoms with Crippen molar-refractivity contribution in [3.05, 3.63) is 65.4 Å². The Balaban J connectivity index is 0.000000215. The van der Waals surface area contributed by atoms with E-state index < -0.39 is 0 Å². The highest BCUT2D eigenvalue weighted by molar-refractivity contribution is 7.97. The first kappa shape index (κ1) is 29.7. The van der Waals surface area contributed by atoms with Crippen molar-refractivity contribution in [2.75, 3.05) is 31.6 Å². The molecular weight excluding hydrogens is 496 g/mol. The molecule has 0 saturated carbocycles. The summed E-state index contributed by atoms with van der Waals surface area (Å²) in [6.45, 7) is 13.8. The maximum atomic E-state index is 11.4. The number of aldehydes is 1. The van der Waals surface area contributed by atoms with E-state index >= 15 is 0 Å². The zero-order valence-electron chi connectivity index (χ0n) is 23.4. The van der Waals surface area contributed by atoms with E-state index in [0.717, 1.165) is 56.1 Å². The van der Waals surface area contributed by atoms with Crippen LogP contribution in [0.4, 0.5) is 5.82 Å². The summed E-state index contributed by atoms with van der Waals surface area (Å²) in [5, 5.41) is 3.18. The molecule has 38 heavy (non-hydrogen) atoms. The number of rotatable bonds is 8. The molecule has 0 radical (unpaired) electrons. The average Bonchev–Trinajstić information content (AvgIpc) is 3.68. The van der Waals surface area contributed by atoms with Gasteiger partial charge in [0.25, 0.3) is 0 Å². The van der Waals surface area contributed by atoms with Crippen molar-refractivity contribution in [2.24, 2.45) is 0 Å². The van der Waals surface area contributed by atoms with Gasteiger partial charge in [-0.15, -0.1) is 0 Å². The number of ketones is 1. The quantitative estimate of drug-likeness (QED) is 0.321. The molecule has 0 amide bonds.